The molecule has 1 aliphatic heterocycles. The molecule has 2 rings (SSSR count). The fourth-order valence-electron chi connectivity index (χ4n) is 1.69. The van der Waals surface area contributed by atoms with E-state index < -0.39 is 17.6 Å². The SMILES string of the molecule is O=C1C=C(Nc2cc(F)c(Br)c(Cl)c2)C(=O)N1CCO. The van der Waals surface area contributed by atoms with Crippen molar-refractivity contribution < 1.29 is 19.1 Å². The first-order chi connectivity index (χ1) is 9.43. The molecule has 0 bridgehead atoms. The van der Waals surface area contributed by atoms with Crippen molar-refractivity contribution in [2.75, 3.05) is 18.5 Å². The minimum absolute atomic E-state index is 0.00115. The van der Waals surface area contributed by atoms with Gasteiger partial charge in [-0.15, -0.1) is 0 Å². The molecule has 20 heavy (non-hydrogen) atoms. The Bertz CT molecular complexity index is 598. The maximum absolute atomic E-state index is 13.5. The van der Waals surface area contributed by atoms with Crippen LogP contribution < -0.4 is 5.32 Å². The van der Waals surface area contributed by atoms with E-state index in [1.807, 2.05) is 0 Å². The van der Waals surface area contributed by atoms with Crippen LogP contribution in [0, 0.1) is 5.82 Å². The number of carbonyl (C=O) groups is 2. The van der Waals surface area contributed by atoms with E-state index in [1.165, 1.54) is 6.07 Å². The van der Waals surface area contributed by atoms with Crippen LogP contribution in [0.5, 0.6) is 0 Å². The zero-order valence-electron chi connectivity index (χ0n) is 9.99. The highest BCUT2D eigenvalue weighted by molar-refractivity contribution is 9.10. The first-order valence-electron chi connectivity index (χ1n) is 5.54. The summed E-state index contributed by atoms with van der Waals surface area (Å²) in [6.45, 7) is -0.411. The van der Waals surface area contributed by atoms with Gasteiger partial charge in [-0.05, 0) is 28.1 Å². The molecular weight excluding hydrogens is 354 g/mol. The van der Waals surface area contributed by atoms with E-state index in [4.69, 9.17) is 16.7 Å². The number of halogens is 3. The average Bonchev–Trinajstić information content (AvgIpc) is 2.64. The van der Waals surface area contributed by atoms with Crippen LogP contribution in [0.3, 0.4) is 0 Å². The van der Waals surface area contributed by atoms with Gasteiger partial charge in [0.2, 0.25) is 0 Å². The van der Waals surface area contributed by atoms with Gasteiger partial charge in [0, 0.05) is 11.8 Å². The molecule has 1 heterocycles. The summed E-state index contributed by atoms with van der Waals surface area (Å²) in [6, 6.07) is 2.56. The molecule has 2 N–H and O–H groups in total. The monoisotopic (exact) mass is 362 g/mol. The molecular formula is C12H9BrClFN2O3. The molecule has 0 atom stereocenters. The Morgan fingerprint density at radius 3 is 2.70 bits per heavy atom. The van der Waals surface area contributed by atoms with Crippen LogP contribution in [0.15, 0.2) is 28.4 Å². The number of nitrogens with one attached hydrogen (secondary N) is 1. The summed E-state index contributed by atoms with van der Waals surface area (Å²) in [5.74, 6) is -1.71. The predicted octanol–water partition coefficient (Wildman–Crippen LogP) is 1.90. The molecule has 1 aliphatic rings. The van der Waals surface area contributed by atoms with Crippen LogP contribution in [0.25, 0.3) is 0 Å². The molecule has 0 saturated carbocycles. The van der Waals surface area contributed by atoms with Gasteiger partial charge in [-0.1, -0.05) is 11.6 Å². The number of hydrogen-bond donors (Lipinski definition) is 2. The van der Waals surface area contributed by atoms with E-state index in [-0.39, 0.29) is 34.0 Å². The zero-order chi connectivity index (χ0) is 14.9. The number of amides is 2. The minimum Gasteiger partial charge on any atom is -0.395 e. The fourth-order valence-corrected chi connectivity index (χ4v) is 2.13. The van der Waals surface area contributed by atoms with Crippen LogP contribution >= 0.6 is 27.5 Å². The Morgan fingerprint density at radius 2 is 2.10 bits per heavy atom. The van der Waals surface area contributed by atoms with Crippen molar-refractivity contribution in [3.63, 3.8) is 0 Å². The summed E-state index contributed by atoms with van der Waals surface area (Å²) in [6.07, 6.45) is 1.09. The maximum Gasteiger partial charge on any atom is 0.277 e. The molecule has 0 fully saturated rings. The second kappa shape index (κ2) is 5.90. The average molecular weight is 364 g/mol. The summed E-state index contributed by atoms with van der Waals surface area (Å²) >= 11 is 8.78. The lowest BCUT2D eigenvalue weighted by Crippen LogP contribution is -2.34. The molecule has 0 radical (unpaired) electrons. The van der Waals surface area contributed by atoms with Gasteiger partial charge in [0.05, 0.1) is 22.6 Å². The summed E-state index contributed by atoms with van der Waals surface area (Å²) in [4.78, 5) is 24.3. The topological polar surface area (TPSA) is 69.6 Å². The second-order valence-corrected chi connectivity index (χ2v) is 5.16. The number of imide groups is 1. The Labute approximate surface area is 127 Å². The molecule has 0 saturated heterocycles. The number of β-amino-alcohol motifs (C(OH)–C–C–N with tert-alkyl or cyclic N) is 1. The second-order valence-electron chi connectivity index (χ2n) is 3.96. The lowest BCUT2D eigenvalue weighted by atomic mass is 10.3. The highest BCUT2D eigenvalue weighted by Crippen LogP contribution is 2.30. The van der Waals surface area contributed by atoms with Crippen molar-refractivity contribution in [2.45, 2.75) is 0 Å². The Balaban J connectivity index is 2.21. The standard InChI is InChI=1S/C12H9BrClFN2O3/c13-11-7(14)3-6(4-8(11)15)16-9-5-10(19)17(1-2-18)12(9)20/h3-5,16,18H,1-2H2. The van der Waals surface area contributed by atoms with E-state index in [0.29, 0.717) is 0 Å². The van der Waals surface area contributed by atoms with E-state index >= 15 is 0 Å². The van der Waals surface area contributed by atoms with Crippen molar-refractivity contribution in [1.29, 1.82) is 0 Å². The summed E-state index contributed by atoms with van der Waals surface area (Å²) < 4.78 is 13.6. The lowest BCUT2D eigenvalue weighted by Gasteiger charge is -2.13. The van der Waals surface area contributed by atoms with Gasteiger partial charge in [-0.2, -0.15) is 0 Å². The maximum atomic E-state index is 13.5. The van der Waals surface area contributed by atoms with Gasteiger partial charge in [0.25, 0.3) is 11.8 Å². The number of aliphatic hydroxyl groups excluding tert-OH is 1. The third kappa shape index (κ3) is 2.84. The number of anilines is 1. The molecule has 1 aromatic carbocycles. The summed E-state index contributed by atoms with van der Waals surface area (Å²) in [5.41, 5.74) is 0.246. The lowest BCUT2D eigenvalue weighted by molar-refractivity contribution is -0.137. The molecule has 2 amide bonds. The molecule has 0 aromatic heterocycles. The highest BCUT2D eigenvalue weighted by atomic mass is 79.9. The minimum atomic E-state index is -0.593. The molecule has 1 aromatic rings. The van der Waals surface area contributed by atoms with Crippen LogP contribution in [0.1, 0.15) is 0 Å². The van der Waals surface area contributed by atoms with Crippen LogP contribution in [0.4, 0.5) is 10.1 Å². The van der Waals surface area contributed by atoms with Crippen molar-refractivity contribution in [3.05, 3.63) is 39.2 Å². The molecule has 0 spiro atoms. The van der Waals surface area contributed by atoms with Crippen molar-refractivity contribution in [3.8, 4) is 0 Å². The van der Waals surface area contributed by atoms with Gasteiger partial charge in [-0.25, -0.2) is 4.39 Å². The predicted molar refractivity (Wildman–Crippen MR) is 74.6 cm³/mol. The smallest absolute Gasteiger partial charge is 0.277 e. The van der Waals surface area contributed by atoms with Crippen LogP contribution in [-0.2, 0) is 9.59 Å². The van der Waals surface area contributed by atoms with Crippen molar-refractivity contribution >= 4 is 45.0 Å². The Kier molecular flexibility index (Phi) is 4.42. The van der Waals surface area contributed by atoms with Gasteiger partial charge < -0.3 is 10.4 Å². The molecule has 8 heteroatoms. The fraction of sp³-hybridized carbons (Fsp3) is 0.167. The normalized spacial score (nSPS) is 14.8. The summed E-state index contributed by atoms with van der Waals surface area (Å²) in [5, 5.41) is 11.6. The first-order valence-corrected chi connectivity index (χ1v) is 6.71. The van der Waals surface area contributed by atoms with Crippen LogP contribution in [-0.4, -0.2) is 35.0 Å². The molecule has 106 valence electrons. The zero-order valence-corrected chi connectivity index (χ0v) is 12.3. The molecule has 5 nitrogen and oxygen atoms in total. The van der Waals surface area contributed by atoms with Gasteiger partial charge in [-0.3, -0.25) is 14.5 Å². The number of hydrogen-bond acceptors (Lipinski definition) is 4. The molecule has 0 aliphatic carbocycles. The number of benzene rings is 1. The quantitative estimate of drug-likeness (QED) is 0.633. The van der Waals surface area contributed by atoms with Gasteiger partial charge in [0.1, 0.15) is 11.5 Å². The van der Waals surface area contributed by atoms with E-state index in [9.17, 15) is 14.0 Å². The number of nitrogens with zero attached hydrogens (tertiary/aromatic N) is 1. The van der Waals surface area contributed by atoms with Crippen molar-refractivity contribution in [2.24, 2.45) is 0 Å². The first kappa shape index (κ1) is 15.0. The van der Waals surface area contributed by atoms with Gasteiger partial charge >= 0.3 is 0 Å². The number of rotatable bonds is 4. The van der Waals surface area contributed by atoms with E-state index in [2.05, 4.69) is 21.2 Å². The summed E-state index contributed by atoms with van der Waals surface area (Å²) in [7, 11) is 0. The van der Waals surface area contributed by atoms with E-state index in [0.717, 1.165) is 17.0 Å². The number of aliphatic hydroxyl groups is 1. The highest BCUT2D eigenvalue weighted by Gasteiger charge is 2.30. The Morgan fingerprint density at radius 1 is 1.40 bits per heavy atom. The third-order valence-corrected chi connectivity index (χ3v) is 3.93. The van der Waals surface area contributed by atoms with Crippen molar-refractivity contribution in [1.82, 2.24) is 4.90 Å². The third-order valence-electron chi connectivity index (χ3n) is 2.60. The van der Waals surface area contributed by atoms with Crippen LogP contribution in [0.2, 0.25) is 5.02 Å². The largest absolute Gasteiger partial charge is 0.395 e. The Hall–Kier alpha value is -1.44. The van der Waals surface area contributed by atoms with E-state index in [1.54, 1.807) is 0 Å². The van der Waals surface area contributed by atoms with Gasteiger partial charge in [0.15, 0.2) is 0 Å². The molecule has 0 unspecified atom stereocenters. The number of carbonyl (C=O) groups excluding carboxylic acids is 2.